The lowest BCUT2D eigenvalue weighted by atomic mass is 10.1. The smallest absolute Gasteiger partial charge is 0.222 e. The molecule has 0 bridgehead atoms. The molecule has 0 saturated carbocycles. The van der Waals surface area contributed by atoms with Crippen molar-refractivity contribution in [3.05, 3.63) is 30.5 Å². The Morgan fingerprint density at radius 3 is 3.00 bits per heavy atom. The number of aliphatic hydroxyl groups is 1. The van der Waals surface area contributed by atoms with E-state index in [4.69, 9.17) is 10.5 Å². The second kappa shape index (κ2) is 7.50. The van der Waals surface area contributed by atoms with Crippen LogP contribution in [0, 0.1) is 0 Å². The van der Waals surface area contributed by atoms with Gasteiger partial charge in [0, 0.05) is 30.3 Å². The Balaban J connectivity index is 1.71. The van der Waals surface area contributed by atoms with Crippen LogP contribution in [-0.4, -0.2) is 44.1 Å². The van der Waals surface area contributed by atoms with Crippen molar-refractivity contribution in [3.63, 3.8) is 0 Å². The van der Waals surface area contributed by atoms with Gasteiger partial charge in [-0.15, -0.1) is 0 Å². The van der Waals surface area contributed by atoms with Gasteiger partial charge in [-0.2, -0.15) is 10.1 Å². The van der Waals surface area contributed by atoms with Gasteiger partial charge in [-0.3, -0.25) is 0 Å². The molecule has 2 atom stereocenters. The zero-order valence-corrected chi connectivity index (χ0v) is 15.3. The van der Waals surface area contributed by atoms with E-state index in [1.54, 1.807) is 13.1 Å². The lowest BCUT2D eigenvalue weighted by molar-refractivity contribution is -0.0383. The van der Waals surface area contributed by atoms with Crippen LogP contribution < -0.4 is 11.1 Å². The van der Waals surface area contributed by atoms with Crippen LogP contribution in [0.15, 0.2) is 30.5 Å². The Hall–Kier alpha value is -2.71. The number of nitrogens with one attached hydrogen (secondary N) is 1. The first-order valence-electron chi connectivity index (χ1n) is 9.26. The standard InChI is InChI=1S/C19H24N6O2/c1-12(26)11-21-18-14-6-5-13(10-15(14)23-19(20)24-18)16-7-8-22-25(16)17-4-2-3-9-27-17/h5-8,10,12,17,26H,2-4,9,11H2,1H3,(H3,20,21,23,24)/t12-,17?/m1/s1. The molecule has 0 amide bonds. The third kappa shape index (κ3) is 3.72. The third-order valence-electron chi connectivity index (χ3n) is 4.67. The Kier molecular flexibility index (Phi) is 4.91. The number of nitrogens with two attached hydrogens (primary N) is 1. The Labute approximate surface area is 157 Å². The molecular formula is C19H24N6O2. The summed E-state index contributed by atoms with van der Waals surface area (Å²) >= 11 is 0. The number of fused-ring (bicyclic) bond motifs is 1. The molecule has 3 heterocycles. The molecule has 4 rings (SSSR count). The maximum atomic E-state index is 9.52. The molecule has 3 aromatic rings. The Morgan fingerprint density at radius 1 is 1.33 bits per heavy atom. The summed E-state index contributed by atoms with van der Waals surface area (Å²) in [6, 6.07) is 7.95. The molecule has 1 aromatic carbocycles. The van der Waals surface area contributed by atoms with Crippen molar-refractivity contribution in [1.82, 2.24) is 19.7 Å². The second-order valence-corrected chi connectivity index (χ2v) is 6.87. The Bertz CT molecular complexity index is 933. The summed E-state index contributed by atoms with van der Waals surface area (Å²) in [4.78, 5) is 8.64. The predicted molar refractivity (Wildman–Crippen MR) is 104 cm³/mol. The molecule has 1 aliphatic heterocycles. The van der Waals surface area contributed by atoms with Crippen LogP contribution in [0.2, 0.25) is 0 Å². The highest BCUT2D eigenvalue weighted by molar-refractivity contribution is 5.92. The number of benzene rings is 1. The average Bonchev–Trinajstić information content (AvgIpc) is 3.16. The minimum absolute atomic E-state index is 0.0295. The predicted octanol–water partition coefficient (Wildman–Crippen LogP) is 2.57. The summed E-state index contributed by atoms with van der Waals surface area (Å²) < 4.78 is 7.83. The van der Waals surface area contributed by atoms with E-state index in [1.807, 2.05) is 28.9 Å². The summed E-state index contributed by atoms with van der Waals surface area (Å²) in [5.74, 6) is 0.811. The molecule has 4 N–H and O–H groups in total. The number of anilines is 2. The topological polar surface area (TPSA) is 111 Å². The molecule has 8 heteroatoms. The molecule has 0 spiro atoms. The quantitative estimate of drug-likeness (QED) is 0.634. The minimum Gasteiger partial charge on any atom is -0.392 e. The zero-order valence-electron chi connectivity index (χ0n) is 15.3. The molecule has 1 unspecified atom stereocenters. The van der Waals surface area contributed by atoms with E-state index in [2.05, 4.69) is 20.4 Å². The van der Waals surface area contributed by atoms with Crippen LogP contribution in [0.25, 0.3) is 22.2 Å². The van der Waals surface area contributed by atoms with E-state index in [9.17, 15) is 5.11 Å². The van der Waals surface area contributed by atoms with E-state index in [0.717, 1.165) is 48.0 Å². The first-order chi connectivity index (χ1) is 13.1. The van der Waals surface area contributed by atoms with Crippen molar-refractivity contribution >= 4 is 22.7 Å². The summed E-state index contributed by atoms with van der Waals surface area (Å²) in [6.07, 6.45) is 4.48. The molecule has 2 aromatic heterocycles. The van der Waals surface area contributed by atoms with Crippen molar-refractivity contribution in [2.45, 2.75) is 38.5 Å². The lowest BCUT2D eigenvalue weighted by Gasteiger charge is -2.24. The van der Waals surface area contributed by atoms with Crippen LogP contribution in [0.5, 0.6) is 0 Å². The van der Waals surface area contributed by atoms with Crippen molar-refractivity contribution in [2.75, 3.05) is 24.2 Å². The second-order valence-electron chi connectivity index (χ2n) is 6.87. The average molecular weight is 368 g/mol. The molecule has 1 aliphatic rings. The third-order valence-corrected chi connectivity index (χ3v) is 4.67. The molecule has 27 heavy (non-hydrogen) atoms. The van der Waals surface area contributed by atoms with Gasteiger partial charge in [0.15, 0.2) is 6.23 Å². The van der Waals surface area contributed by atoms with E-state index in [1.165, 1.54) is 0 Å². The van der Waals surface area contributed by atoms with E-state index < -0.39 is 6.10 Å². The Morgan fingerprint density at radius 2 is 2.22 bits per heavy atom. The summed E-state index contributed by atoms with van der Waals surface area (Å²) in [5.41, 5.74) is 8.61. The normalized spacial score (nSPS) is 18.5. The maximum absolute atomic E-state index is 9.52. The van der Waals surface area contributed by atoms with Crippen molar-refractivity contribution in [2.24, 2.45) is 0 Å². The molecule has 142 valence electrons. The first kappa shape index (κ1) is 17.7. The highest BCUT2D eigenvalue weighted by atomic mass is 16.5. The summed E-state index contributed by atoms with van der Waals surface area (Å²) in [7, 11) is 0. The fourth-order valence-electron chi connectivity index (χ4n) is 3.37. The van der Waals surface area contributed by atoms with E-state index in [-0.39, 0.29) is 12.2 Å². The number of nitrogen functional groups attached to an aromatic ring is 1. The van der Waals surface area contributed by atoms with Crippen LogP contribution in [-0.2, 0) is 4.74 Å². The van der Waals surface area contributed by atoms with Gasteiger partial charge in [0.25, 0.3) is 0 Å². The highest BCUT2D eigenvalue weighted by Crippen LogP contribution is 2.31. The monoisotopic (exact) mass is 368 g/mol. The fraction of sp³-hybridized carbons (Fsp3) is 0.421. The number of aliphatic hydroxyl groups excluding tert-OH is 1. The van der Waals surface area contributed by atoms with Crippen molar-refractivity contribution in [3.8, 4) is 11.3 Å². The van der Waals surface area contributed by atoms with Gasteiger partial charge in [-0.05, 0) is 44.4 Å². The molecule has 0 aliphatic carbocycles. The van der Waals surface area contributed by atoms with Crippen LogP contribution in [0.4, 0.5) is 11.8 Å². The van der Waals surface area contributed by atoms with Gasteiger partial charge in [-0.1, -0.05) is 6.07 Å². The van der Waals surface area contributed by atoms with Gasteiger partial charge in [-0.25, -0.2) is 9.67 Å². The SMILES string of the molecule is C[C@@H](O)CNc1nc(N)nc2cc(-c3ccnn3C3CCCCO3)ccc12. The maximum Gasteiger partial charge on any atom is 0.222 e. The number of aromatic nitrogens is 4. The summed E-state index contributed by atoms with van der Waals surface area (Å²) in [6.45, 7) is 2.87. The number of rotatable bonds is 5. The summed E-state index contributed by atoms with van der Waals surface area (Å²) in [5, 5.41) is 18.0. The molecule has 1 fully saturated rings. The number of hydrogen-bond acceptors (Lipinski definition) is 7. The van der Waals surface area contributed by atoms with Gasteiger partial charge in [0.2, 0.25) is 5.95 Å². The molecular weight excluding hydrogens is 344 g/mol. The largest absolute Gasteiger partial charge is 0.392 e. The molecule has 0 radical (unpaired) electrons. The minimum atomic E-state index is -0.486. The first-order valence-corrected chi connectivity index (χ1v) is 9.26. The van der Waals surface area contributed by atoms with Crippen molar-refractivity contribution < 1.29 is 9.84 Å². The lowest BCUT2D eigenvalue weighted by Crippen LogP contribution is -2.19. The van der Waals surface area contributed by atoms with Crippen molar-refractivity contribution in [1.29, 1.82) is 0 Å². The number of ether oxygens (including phenoxy) is 1. The molecule has 1 saturated heterocycles. The van der Waals surface area contributed by atoms with Crippen LogP contribution in [0.1, 0.15) is 32.4 Å². The highest BCUT2D eigenvalue weighted by Gasteiger charge is 2.20. The van der Waals surface area contributed by atoms with E-state index in [0.29, 0.717) is 12.4 Å². The fourth-order valence-corrected chi connectivity index (χ4v) is 3.37. The van der Waals surface area contributed by atoms with Gasteiger partial charge in [0.05, 0.1) is 17.3 Å². The van der Waals surface area contributed by atoms with Gasteiger partial charge in [0.1, 0.15) is 5.82 Å². The zero-order chi connectivity index (χ0) is 18.8. The van der Waals surface area contributed by atoms with Gasteiger partial charge >= 0.3 is 0 Å². The van der Waals surface area contributed by atoms with E-state index >= 15 is 0 Å². The van der Waals surface area contributed by atoms with Crippen LogP contribution in [0.3, 0.4) is 0 Å². The van der Waals surface area contributed by atoms with Gasteiger partial charge < -0.3 is 20.9 Å². The molecule has 8 nitrogen and oxygen atoms in total. The number of nitrogens with zero attached hydrogens (tertiary/aromatic N) is 4. The van der Waals surface area contributed by atoms with Crippen LogP contribution >= 0.6 is 0 Å². The number of hydrogen-bond donors (Lipinski definition) is 3.